The van der Waals surface area contributed by atoms with E-state index < -0.39 is 28.6 Å². The van der Waals surface area contributed by atoms with Gasteiger partial charge in [0.05, 0.1) is 22.7 Å². The highest BCUT2D eigenvalue weighted by molar-refractivity contribution is 6.07. The third-order valence-electron chi connectivity index (χ3n) is 5.45. The smallest absolute Gasteiger partial charge is 0.310 e. The highest BCUT2D eigenvalue weighted by Gasteiger charge is 2.53. The van der Waals surface area contributed by atoms with Crippen molar-refractivity contribution in [2.45, 2.75) is 20.5 Å². The molecule has 2 amide bonds. The molecule has 0 saturated carbocycles. The van der Waals surface area contributed by atoms with Crippen LogP contribution >= 0.6 is 0 Å². The summed E-state index contributed by atoms with van der Waals surface area (Å²) in [6.07, 6.45) is 3.45. The molecular formula is C19H20N2O6. The largest absolute Gasteiger partial charge is 0.461 e. The standard InChI is InChI=1S/C19H20N2O6/c1-10-7-8-13-16(18(23)20(3)17(13)22)15(10)19(24)27-9-12-5-4-6-14(11(12)2)21(25)26/h4-8,10,13,15-16H,9H2,1-3H3/t10-,13-,15-,16-/m1/s1. The summed E-state index contributed by atoms with van der Waals surface area (Å²) in [6.45, 7) is 3.26. The summed E-state index contributed by atoms with van der Waals surface area (Å²) in [5.74, 6) is -3.70. The van der Waals surface area contributed by atoms with E-state index in [-0.39, 0.29) is 30.0 Å². The molecule has 27 heavy (non-hydrogen) atoms. The quantitative estimate of drug-likeness (QED) is 0.263. The van der Waals surface area contributed by atoms with E-state index in [1.807, 2.05) is 0 Å². The van der Waals surface area contributed by atoms with Crippen molar-refractivity contribution < 1.29 is 24.0 Å². The van der Waals surface area contributed by atoms with Crippen molar-refractivity contribution >= 4 is 23.5 Å². The zero-order valence-electron chi connectivity index (χ0n) is 15.2. The summed E-state index contributed by atoms with van der Waals surface area (Å²) in [5.41, 5.74) is 0.909. The van der Waals surface area contributed by atoms with Crippen molar-refractivity contribution in [2.24, 2.45) is 23.7 Å². The van der Waals surface area contributed by atoms with E-state index in [2.05, 4.69) is 0 Å². The lowest BCUT2D eigenvalue weighted by Crippen LogP contribution is -2.39. The monoisotopic (exact) mass is 372 g/mol. The summed E-state index contributed by atoms with van der Waals surface area (Å²) in [7, 11) is 1.41. The maximum absolute atomic E-state index is 12.7. The first-order valence-corrected chi connectivity index (χ1v) is 8.63. The SMILES string of the molecule is Cc1c(COC(=O)[C@H]2[C@@H]3C(=O)N(C)C(=O)[C@@H]3C=C[C@H]2C)cccc1[N+](=O)[O-]. The van der Waals surface area contributed by atoms with Gasteiger partial charge < -0.3 is 4.74 Å². The van der Waals surface area contributed by atoms with Crippen molar-refractivity contribution in [2.75, 3.05) is 7.05 Å². The van der Waals surface area contributed by atoms with E-state index >= 15 is 0 Å². The number of hydrogen-bond acceptors (Lipinski definition) is 6. The molecule has 1 heterocycles. The van der Waals surface area contributed by atoms with Crippen LogP contribution in [0.1, 0.15) is 18.1 Å². The first-order chi connectivity index (χ1) is 12.7. The lowest BCUT2D eigenvalue weighted by atomic mass is 9.72. The molecule has 3 rings (SSSR count). The molecule has 142 valence electrons. The molecule has 1 aliphatic heterocycles. The van der Waals surface area contributed by atoms with Gasteiger partial charge in [0.1, 0.15) is 6.61 Å². The zero-order valence-corrected chi connectivity index (χ0v) is 15.2. The number of nitrogens with zero attached hydrogens (tertiary/aromatic N) is 2. The predicted molar refractivity (Wildman–Crippen MR) is 94.2 cm³/mol. The number of allylic oxidation sites excluding steroid dienone is 1. The van der Waals surface area contributed by atoms with Crippen LogP contribution in [0.15, 0.2) is 30.4 Å². The molecule has 0 bridgehead atoms. The number of fused-ring (bicyclic) bond motifs is 1. The number of amides is 2. The highest BCUT2D eigenvalue weighted by atomic mass is 16.6. The van der Waals surface area contributed by atoms with Gasteiger partial charge in [-0.15, -0.1) is 0 Å². The molecule has 0 aromatic heterocycles. The van der Waals surface area contributed by atoms with E-state index in [1.54, 1.807) is 32.1 Å². The second-order valence-electron chi connectivity index (χ2n) is 6.98. The first kappa shape index (κ1) is 18.8. The molecule has 1 aromatic rings. The minimum Gasteiger partial charge on any atom is -0.461 e. The van der Waals surface area contributed by atoms with Crippen LogP contribution in [0, 0.1) is 40.7 Å². The Balaban J connectivity index is 1.79. The van der Waals surface area contributed by atoms with Gasteiger partial charge in [0, 0.05) is 18.7 Å². The predicted octanol–water partition coefficient (Wildman–Crippen LogP) is 2.00. The normalized spacial score (nSPS) is 26.9. The molecule has 2 aliphatic rings. The van der Waals surface area contributed by atoms with Crippen LogP contribution in [-0.2, 0) is 25.7 Å². The minimum atomic E-state index is -0.764. The molecule has 0 unspecified atom stereocenters. The molecular weight excluding hydrogens is 352 g/mol. The van der Waals surface area contributed by atoms with Crippen molar-refractivity contribution in [1.82, 2.24) is 4.90 Å². The summed E-state index contributed by atoms with van der Waals surface area (Å²) in [5, 5.41) is 11.0. The Morgan fingerprint density at radius 2 is 1.96 bits per heavy atom. The molecule has 1 aromatic carbocycles. The number of nitro benzene ring substituents is 1. The van der Waals surface area contributed by atoms with Gasteiger partial charge in [-0.3, -0.25) is 29.4 Å². The molecule has 1 fully saturated rings. The molecule has 8 nitrogen and oxygen atoms in total. The average molecular weight is 372 g/mol. The fourth-order valence-corrected chi connectivity index (χ4v) is 3.81. The second kappa shape index (κ2) is 6.94. The highest BCUT2D eigenvalue weighted by Crippen LogP contribution is 2.41. The second-order valence-corrected chi connectivity index (χ2v) is 6.98. The van der Waals surface area contributed by atoms with E-state index in [4.69, 9.17) is 4.74 Å². The van der Waals surface area contributed by atoms with Crippen molar-refractivity contribution in [3.63, 3.8) is 0 Å². The Bertz CT molecular complexity index is 862. The summed E-state index contributed by atoms with van der Waals surface area (Å²) >= 11 is 0. The molecule has 8 heteroatoms. The number of ether oxygens (including phenoxy) is 1. The van der Waals surface area contributed by atoms with Crippen LogP contribution in [0.2, 0.25) is 0 Å². The summed E-state index contributed by atoms with van der Waals surface area (Å²) < 4.78 is 5.40. The molecule has 0 N–H and O–H groups in total. The number of benzene rings is 1. The fraction of sp³-hybridized carbons (Fsp3) is 0.421. The Morgan fingerprint density at radius 1 is 1.26 bits per heavy atom. The lowest BCUT2D eigenvalue weighted by molar-refractivity contribution is -0.385. The number of esters is 1. The average Bonchev–Trinajstić information content (AvgIpc) is 2.84. The van der Waals surface area contributed by atoms with Gasteiger partial charge in [-0.2, -0.15) is 0 Å². The van der Waals surface area contributed by atoms with Crippen LogP contribution in [-0.4, -0.2) is 34.7 Å². The Morgan fingerprint density at radius 3 is 2.63 bits per heavy atom. The summed E-state index contributed by atoms with van der Waals surface area (Å²) in [6, 6.07) is 4.57. The number of hydrogen-bond donors (Lipinski definition) is 0. The first-order valence-electron chi connectivity index (χ1n) is 8.63. The number of imide groups is 1. The Kier molecular flexibility index (Phi) is 4.82. The number of likely N-dealkylation sites (tertiary alicyclic amines) is 1. The number of carbonyl (C=O) groups excluding carboxylic acids is 3. The van der Waals surface area contributed by atoms with Crippen LogP contribution in [0.5, 0.6) is 0 Å². The van der Waals surface area contributed by atoms with Gasteiger partial charge in [-0.05, 0) is 18.4 Å². The van der Waals surface area contributed by atoms with Gasteiger partial charge in [-0.1, -0.05) is 31.2 Å². The van der Waals surface area contributed by atoms with E-state index in [0.717, 1.165) is 4.90 Å². The van der Waals surface area contributed by atoms with Gasteiger partial charge >= 0.3 is 5.97 Å². The topological polar surface area (TPSA) is 107 Å². The van der Waals surface area contributed by atoms with Crippen LogP contribution in [0.25, 0.3) is 0 Å². The van der Waals surface area contributed by atoms with Crippen molar-refractivity contribution in [3.05, 3.63) is 51.6 Å². The lowest BCUT2D eigenvalue weighted by Gasteiger charge is -2.30. The Hall–Kier alpha value is -3.03. The van der Waals surface area contributed by atoms with Crippen molar-refractivity contribution in [3.8, 4) is 0 Å². The number of rotatable bonds is 4. The van der Waals surface area contributed by atoms with Crippen LogP contribution < -0.4 is 0 Å². The van der Waals surface area contributed by atoms with Crippen LogP contribution in [0.3, 0.4) is 0 Å². The number of nitro groups is 1. The van der Waals surface area contributed by atoms with E-state index in [0.29, 0.717) is 11.1 Å². The maximum atomic E-state index is 12.7. The molecule has 0 radical (unpaired) electrons. The third-order valence-corrected chi connectivity index (χ3v) is 5.45. The molecule has 1 saturated heterocycles. The van der Waals surface area contributed by atoms with E-state index in [9.17, 15) is 24.5 Å². The maximum Gasteiger partial charge on any atom is 0.310 e. The minimum absolute atomic E-state index is 0.0456. The van der Waals surface area contributed by atoms with Crippen molar-refractivity contribution in [1.29, 1.82) is 0 Å². The molecule has 4 atom stereocenters. The van der Waals surface area contributed by atoms with Gasteiger partial charge in [0.15, 0.2) is 0 Å². The zero-order chi connectivity index (χ0) is 19.9. The van der Waals surface area contributed by atoms with Gasteiger partial charge in [-0.25, -0.2) is 0 Å². The van der Waals surface area contributed by atoms with Gasteiger partial charge in [0.2, 0.25) is 11.8 Å². The number of carbonyl (C=O) groups is 3. The molecule has 1 aliphatic carbocycles. The van der Waals surface area contributed by atoms with E-state index in [1.165, 1.54) is 19.2 Å². The van der Waals surface area contributed by atoms with Gasteiger partial charge in [0.25, 0.3) is 5.69 Å². The third kappa shape index (κ3) is 3.11. The molecule has 0 spiro atoms. The van der Waals surface area contributed by atoms with Crippen LogP contribution in [0.4, 0.5) is 5.69 Å². The fourth-order valence-electron chi connectivity index (χ4n) is 3.81. The summed E-state index contributed by atoms with van der Waals surface area (Å²) in [4.78, 5) is 49.0. The Labute approximate surface area is 155 Å².